The molecule has 0 aliphatic carbocycles. The maximum atomic E-state index is 9.53. The largest absolute Gasteiger partial charge is 0.396 e. The van der Waals surface area contributed by atoms with Gasteiger partial charge in [-0.25, -0.2) is 4.98 Å². The molecule has 0 aliphatic rings. The molecule has 0 saturated heterocycles. The highest BCUT2D eigenvalue weighted by atomic mass is 32.1. The Kier molecular flexibility index (Phi) is 5.11. The summed E-state index contributed by atoms with van der Waals surface area (Å²) < 4.78 is 0. The van der Waals surface area contributed by atoms with Crippen LogP contribution in [0.15, 0.2) is 29.8 Å². The maximum absolute atomic E-state index is 9.53. The van der Waals surface area contributed by atoms with Crippen LogP contribution in [0.1, 0.15) is 28.1 Å². The summed E-state index contributed by atoms with van der Waals surface area (Å²) in [6.07, 6.45) is 3.00. The molecule has 3 heteroatoms. The van der Waals surface area contributed by atoms with Gasteiger partial charge in [0.2, 0.25) is 0 Å². The molecule has 19 heavy (non-hydrogen) atoms. The highest BCUT2D eigenvalue weighted by molar-refractivity contribution is 7.09. The van der Waals surface area contributed by atoms with Crippen LogP contribution in [-0.2, 0) is 12.8 Å². The zero-order valence-corrected chi connectivity index (χ0v) is 12.4. The van der Waals surface area contributed by atoms with Crippen molar-refractivity contribution in [2.75, 3.05) is 6.61 Å². The average molecular weight is 275 g/mol. The fourth-order valence-electron chi connectivity index (χ4n) is 2.22. The first kappa shape index (κ1) is 14.2. The van der Waals surface area contributed by atoms with Crippen LogP contribution >= 0.6 is 11.3 Å². The van der Waals surface area contributed by atoms with Crippen molar-refractivity contribution in [2.45, 2.75) is 33.1 Å². The van der Waals surface area contributed by atoms with Crippen LogP contribution in [0.25, 0.3) is 0 Å². The number of aliphatic hydroxyl groups excluding tert-OH is 1. The van der Waals surface area contributed by atoms with E-state index in [0.29, 0.717) is 5.92 Å². The summed E-state index contributed by atoms with van der Waals surface area (Å²) in [6, 6.07) is 8.60. The summed E-state index contributed by atoms with van der Waals surface area (Å²) in [5.74, 6) is 0.337. The molecule has 2 nitrogen and oxygen atoms in total. The minimum atomic E-state index is 0.256. The van der Waals surface area contributed by atoms with Gasteiger partial charge >= 0.3 is 0 Å². The standard InChI is InChI=1S/C16H21NOS/c1-12-3-5-14(6-4-12)9-15(10-18)7-8-16-13(2)17-11-19-16/h3-6,11,15,18H,7-10H2,1-2H3. The van der Waals surface area contributed by atoms with Crippen LogP contribution in [0.4, 0.5) is 0 Å². The first-order chi connectivity index (χ1) is 9.19. The van der Waals surface area contributed by atoms with E-state index in [4.69, 9.17) is 0 Å². The van der Waals surface area contributed by atoms with Gasteiger partial charge in [-0.05, 0) is 44.6 Å². The van der Waals surface area contributed by atoms with Gasteiger partial charge in [-0.15, -0.1) is 11.3 Å². The number of hydrogen-bond acceptors (Lipinski definition) is 3. The molecule has 0 spiro atoms. The van der Waals surface area contributed by atoms with Gasteiger partial charge in [-0.2, -0.15) is 0 Å². The van der Waals surface area contributed by atoms with Crippen LogP contribution in [0.3, 0.4) is 0 Å². The zero-order chi connectivity index (χ0) is 13.7. The molecule has 1 aromatic heterocycles. The molecule has 0 amide bonds. The molecule has 1 atom stereocenters. The van der Waals surface area contributed by atoms with Crippen molar-refractivity contribution in [2.24, 2.45) is 5.92 Å². The third kappa shape index (κ3) is 4.15. The summed E-state index contributed by atoms with van der Waals surface area (Å²) in [4.78, 5) is 5.62. The number of nitrogens with zero attached hydrogens (tertiary/aromatic N) is 1. The van der Waals surface area contributed by atoms with Crippen molar-refractivity contribution in [1.29, 1.82) is 0 Å². The van der Waals surface area contributed by atoms with E-state index < -0.39 is 0 Å². The summed E-state index contributed by atoms with van der Waals surface area (Å²) in [5.41, 5.74) is 5.63. The molecule has 1 heterocycles. The first-order valence-corrected chi connectivity index (χ1v) is 7.62. The van der Waals surface area contributed by atoms with Crippen molar-refractivity contribution in [1.82, 2.24) is 4.98 Å². The van der Waals surface area contributed by atoms with Crippen LogP contribution in [0.2, 0.25) is 0 Å². The molecule has 0 radical (unpaired) electrons. The number of hydrogen-bond donors (Lipinski definition) is 1. The SMILES string of the molecule is Cc1ccc(CC(CO)CCc2scnc2C)cc1. The van der Waals surface area contributed by atoms with Crippen molar-refractivity contribution >= 4 is 11.3 Å². The second-order valence-electron chi connectivity index (χ2n) is 5.14. The van der Waals surface area contributed by atoms with Crippen molar-refractivity contribution in [3.05, 3.63) is 51.5 Å². The number of thiazole rings is 1. The molecule has 102 valence electrons. The molecule has 0 fully saturated rings. The Morgan fingerprint density at radius 1 is 1.21 bits per heavy atom. The van der Waals surface area contributed by atoms with E-state index in [-0.39, 0.29) is 6.61 Å². The maximum Gasteiger partial charge on any atom is 0.0797 e. The van der Waals surface area contributed by atoms with E-state index in [1.807, 2.05) is 5.51 Å². The number of aliphatic hydroxyl groups is 1. The minimum absolute atomic E-state index is 0.256. The number of benzene rings is 1. The van der Waals surface area contributed by atoms with Gasteiger partial charge < -0.3 is 5.11 Å². The Bertz CT molecular complexity index is 504. The van der Waals surface area contributed by atoms with E-state index in [1.165, 1.54) is 16.0 Å². The molecule has 0 aliphatic heterocycles. The Morgan fingerprint density at radius 3 is 2.53 bits per heavy atom. The third-order valence-electron chi connectivity index (χ3n) is 3.53. The summed E-state index contributed by atoms with van der Waals surface area (Å²) in [7, 11) is 0. The Balaban J connectivity index is 1.90. The van der Waals surface area contributed by atoms with Crippen LogP contribution in [0, 0.1) is 19.8 Å². The predicted octanol–water partition coefficient (Wildman–Crippen LogP) is 3.54. The minimum Gasteiger partial charge on any atom is -0.396 e. The molecule has 2 aromatic rings. The van der Waals surface area contributed by atoms with Gasteiger partial charge in [0, 0.05) is 11.5 Å². The van der Waals surface area contributed by atoms with Crippen LogP contribution < -0.4 is 0 Å². The van der Waals surface area contributed by atoms with Gasteiger partial charge in [0.05, 0.1) is 11.2 Å². The quantitative estimate of drug-likeness (QED) is 0.874. The van der Waals surface area contributed by atoms with E-state index in [0.717, 1.165) is 25.0 Å². The van der Waals surface area contributed by atoms with Gasteiger partial charge in [0.1, 0.15) is 0 Å². The second kappa shape index (κ2) is 6.83. The van der Waals surface area contributed by atoms with Crippen molar-refractivity contribution < 1.29 is 5.11 Å². The molecule has 1 aromatic carbocycles. The highest BCUT2D eigenvalue weighted by Crippen LogP contribution is 2.19. The number of aromatic nitrogens is 1. The molecule has 1 N–H and O–H groups in total. The first-order valence-electron chi connectivity index (χ1n) is 6.74. The lowest BCUT2D eigenvalue weighted by molar-refractivity contribution is 0.218. The lowest BCUT2D eigenvalue weighted by atomic mass is 9.94. The fraction of sp³-hybridized carbons (Fsp3) is 0.438. The number of rotatable bonds is 6. The normalized spacial score (nSPS) is 12.6. The van der Waals surface area contributed by atoms with Crippen LogP contribution in [-0.4, -0.2) is 16.7 Å². The molecule has 0 bridgehead atoms. The fourth-order valence-corrected chi connectivity index (χ4v) is 3.01. The lowest BCUT2D eigenvalue weighted by Crippen LogP contribution is -2.11. The van der Waals surface area contributed by atoms with Gasteiger partial charge in [-0.3, -0.25) is 0 Å². The Morgan fingerprint density at radius 2 is 1.95 bits per heavy atom. The molecular formula is C16H21NOS. The summed E-state index contributed by atoms with van der Waals surface area (Å²) in [6.45, 7) is 4.41. The van der Waals surface area contributed by atoms with Crippen molar-refractivity contribution in [3.63, 3.8) is 0 Å². The zero-order valence-electron chi connectivity index (χ0n) is 11.6. The van der Waals surface area contributed by atoms with E-state index >= 15 is 0 Å². The average Bonchev–Trinajstić information content (AvgIpc) is 2.82. The van der Waals surface area contributed by atoms with Gasteiger partial charge in [0.25, 0.3) is 0 Å². The molecular weight excluding hydrogens is 254 g/mol. The topological polar surface area (TPSA) is 33.1 Å². The highest BCUT2D eigenvalue weighted by Gasteiger charge is 2.11. The van der Waals surface area contributed by atoms with Crippen LogP contribution in [0.5, 0.6) is 0 Å². The monoisotopic (exact) mass is 275 g/mol. The number of aryl methyl sites for hydroxylation is 3. The molecule has 0 saturated carbocycles. The summed E-state index contributed by atoms with van der Waals surface area (Å²) in [5, 5.41) is 9.53. The predicted molar refractivity (Wildman–Crippen MR) is 80.6 cm³/mol. The Hall–Kier alpha value is -1.19. The smallest absolute Gasteiger partial charge is 0.0797 e. The van der Waals surface area contributed by atoms with E-state index in [9.17, 15) is 5.11 Å². The Labute approximate surface area is 119 Å². The van der Waals surface area contributed by atoms with Gasteiger partial charge in [0.15, 0.2) is 0 Å². The summed E-state index contributed by atoms with van der Waals surface area (Å²) >= 11 is 1.72. The second-order valence-corrected chi connectivity index (χ2v) is 6.08. The molecule has 2 rings (SSSR count). The van der Waals surface area contributed by atoms with Crippen molar-refractivity contribution in [3.8, 4) is 0 Å². The van der Waals surface area contributed by atoms with Gasteiger partial charge in [-0.1, -0.05) is 29.8 Å². The third-order valence-corrected chi connectivity index (χ3v) is 4.52. The van der Waals surface area contributed by atoms with E-state index in [1.54, 1.807) is 11.3 Å². The molecule has 1 unspecified atom stereocenters. The lowest BCUT2D eigenvalue weighted by Gasteiger charge is -2.14. The van der Waals surface area contributed by atoms with E-state index in [2.05, 4.69) is 43.1 Å².